The molecule has 3 rings (SSSR count). The number of carbonyl (C=O) groups excluding carboxylic acids is 1. The number of methoxy groups -OCH3 is 1. The fourth-order valence-corrected chi connectivity index (χ4v) is 2.76. The molecule has 0 saturated carbocycles. The van der Waals surface area contributed by atoms with Crippen LogP contribution in [0.4, 0.5) is 0 Å². The SMILES string of the molecule is COc1ccc(CN(C)C(=O)CCc2nc3ccccc3c(=O)[nH]2)cc1. The minimum Gasteiger partial charge on any atom is -0.497 e. The number of carbonyl (C=O) groups is 1. The molecule has 0 saturated heterocycles. The van der Waals surface area contributed by atoms with Crippen LogP contribution in [0, 0.1) is 0 Å². The summed E-state index contributed by atoms with van der Waals surface area (Å²) in [6.07, 6.45) is 0.680. The van der Waals surface area contributed by atoms with Crippen molar-refractivity contribution in [3.63, 3.8) is 0 Å². The Morgan fingerprint density at radius 2 is 1.88 bits per heavy atom. The number of nitrogens with zero attached hydrogens (tertiary/aromatic N) is 2. The highest BCUT2D eigenvalue weighted by Gasteiger charge is 2.11. The average Bonchev–Trinajstić information content (AvgIpc) is 2.66. The van der Waals surface area contributed by atoms with E-state index in [9.17, 15) is 9.59 Å². The maximum Gasteiger partial charge on any atom is 0.258 e. The van der Waals surface area contributed by atoms with E-state index in [1.165, 1.54) is 0 Å². The van der Waals surface area contributed by atoms with Crippen LogP contribution in [0.2, 0.25) is 0 Å². The Hall–Kier alpha value is -3.15. The largest absolute Gasteiger partial charge is 0.497 e. The van der Waals surface area contributed by atoms with Crippen LogP contribution in [0.25, 0.3) is 10.9 Å². The molecule has 0 spiro atoms. The lowest BCUT2D eigenvalue weighted by molar-refractivity contribution is -0.130. The third-order valence-electron chi connectivity index (χ3n) is 4.24. The summed E-state index contributed by atoms with van der Waals surface area (Å²) in [6, 6.07) is 14.8. The van der Waals surface area contributed by atoms with Crippen molar-refractivity contribution < 1.29 is 9.53 Å². The van der Waals surface area contributed by atoms with E-state index in [0.29, 0.717) is 29.7 Å². The lowest BCUT2D eigenvalue weighted by Crippen LogP contribution is -2.26. The van der Waals surface area contributed by atoms with Crippen molar-refractivity contribution in [2.75, 3.05) is 14.2 Å². The maximum atomic E-state index is 12.4. The number of fused-ring (bicyclic) bond motifs is 1. The minimum atomic E-state index is -0.176. The quantitative estimate of drug-likeness (QED) is 0.740. The van der Waals surface area contributed by atoms with E-state index >= 15 is 0 Å². The van der Waals surface area contributed by atoms with Gasteiger partial charge in [-0.2, -0.15) is 0 Å². The molecule has 0 bridgehead atoms. The molecule has 0 radical (unpaired) electrons. The van der Waals surface area contributed by atoms with Gasteiger partial charge >= 0.3 is 0 Å². The minimum absolute atomic E-state index is 0.00312. The van der Waals surface area contributed by atoms with Crippen molar-refractivity contribution in [1.29, 1.82) is 0 Å². The number of amides is 1. The summed E-state index contributed by atoms with van der Waals surface area (Å²) < 4.78 is 5.13. The van der Waals surface area contributed by atoms with Crippen molar-refractivity contribution in [3.8, 4) is 5.75 Å². The van der Waals surface area contributed by atoms with E-state index in [0.717, 1.165) is 11.3 Å². The van der Waals surface area contributed by atoms with E-state index < -0.39 is 0 Å². The van der Waals surface area contributed by atoms with E-state index in [1.807, 2.05) is 30.3 Å². The van der Waals surface area contributed by atoms with Crippen LogP contribution < -0.4 is 10.3 Å². The van der Waals surface area contributed by atoms with Gasteiger partial charge in [0.15, 0.2) is 0 Å². The molecule has 1 aromatic heterocycles. The Morgan fingerprint density at radius 3 is 2.62 bits per heavy atom. The molecule has 3 aromatic rings. The van der Waals surface area contributed by atoms with Gasteiger partial charge < -0.3 is 14.6 Å². The van der Waals surface area contributed by atoms with Crippen LogP contribution in [0.3, 0.4) is 0 Å². The third-order valence-corrected chi connectivity index (χ3v) is 4.24. The fraction of sp³-hybridized carbons (Fsp3) is 0.250. The first kappa shape index (κ1) is 17.7. The predicted molar refractivity (Wildman–Crippen MR) is 100 cm³/mol. The maximum absolute atomic E-state index is 12.4. The molecule has 6 nitrogen and oxygen atoms in total. The average molecular weight is 351 g/mol. The van der Waals surface area contributed by atoms with Gasteiger partial charge in [0, 0.05) is 26.4 Å². The number of H-pyrrole nitrogens is 1. The smallest absolute Gasteiger partial charge is 0.258 e. The molecule has 1 heterocycles. The molecule has 26 heavy (non-hydrogen) atoms. The van der Waals surface area contributed by atoms with Crippen LogP contribution in [-0.2, 0) is 17.8 Å². The number of benzene rings is 2. The zero-order valence-corrected chi connectivity index (χ0v) is 14.9. The van der Waals surface area contributed by atoms with Gasteiger partial charge in [-0.15, -0.1) is 0 Å². The first-order chi connectivity index (χ1) is 12.6. The van der Waals surface area contributed by atoms with Gasteiger partial charge in [0.2, 0.25) is 5.91 Å². The number of aromatic amines is 1. The highest BCUT2D eigenvalue weighted by Crippen LogP contribution is 2.13. The number of hydrogen-bond donors (Lipinski definition) is 1. The lowest BCUT2D eigenvalue weighted by atomic mass is 10.2. The molecule has 1 N–H and O–H groups in total. The summed E-state index contributed by atoms with van der Waals surface area (Å²) in [7, 11) is 3.39. The molecule has 2 aromatic carbocycles. The lowest BCUT2D eigenvalue weighted by Gasteiger charge is -2.17. The highest BCUT2D eigenvalue weighted by molar-refractivity contribution is 5.78. The monoisotopic (exact) mass is 351 g/mol. The van der Waals surface area contributed by atoms with Crippen LogP contribution in [0.1, 0.15) is 17.8 Å². The topological polar surface area (TPSA) is 75.3 Å². The zero-order valence-electron chi connectivity index (χ0n) is 14.9. The van der Waals surface area contributed by atoms with Gasteiger partial charge in [-0.25, -0.2) is 4.98 Å². The summed E-state index contributed by atoms with van der Waals surface area (Å²) >= 11 is 0. The van der Waals surface area contributed by atoms with Crippen LogP contribution in [0.15, 0.2) is 53.3 Å². The van der Waals surface area contributed by atoms with E-state index in [-0.39, 0.29) is 17.9 Å². The van der Waals surface area contributed by atoms with Crippen LogP contribution in [0.5, 0.6) is 5.75 Å². The molecule has 0 aliphatic heterocycles. The summed E-state index contributed by atoms with van der Waals surface area (Å²) in [5.41, 5.74) is 1.49. The second-order valence-corrected chi connectivity index (χ2v) is 6.13. The second kappa shape index (κ2) is 7.82. The van der Waals surface area contributed by atoms with Gasteiger partial charge in [-0.3, -0.25) is 9.59 Å². The number of para-hydroxylation sites is 1. The summed E-state index contributed by atoms with van der Waals surface area (Å²) in [6.45, 7) is 0.518. The van der Waals surface area contributed by atoms with Gasteiger partial charge in [-0.05, 0) is 29.8 Å². The molecule has 0 aliphatic rings. The van der Waals surface area contributed by atoms with Crippen molar-refractivity contribution in [2.24, 2.45) is 0 Å². The molecular formula is C20H21N3O3. The fourth-order valence-electron chi connectivity index (χ4n) is 2.76. The Balaban J connectivity index is 1.61. The van der Waals surface area contributed by atoms with Gasteiger partial charge in [0.1, 0.15) is 11.6 Å². The molecule has 0 fully saturated rings. The standard InChI is InChI=1S/C20H21N3O3/c1-23(13-14-7-9-15(26-2)10-8-14)19(24)12-11-18-21-17-6-4-3-5-16(17)20(25)22-18/h3-10H,11-13H2,1-2H3,(H,21,22,25). The highest BCUT2D eigenvalue weighted by atomic mass is 16.5. The molecule has 0 unspecified atom stereocenters. The zero-order chi connectivity index (χ0) is 18.5. The molecule has 134 valence electrons. The van der Waals surface area contributed by atoms with E-state index in [4.69, 9.17) is 4.74 Å². The number of aromatic nitrogens is 2. The van der Waals surface area contributed by atoms with Gasteiger partial charge in [-0.1, -0.05) is 24.3 Å². The number of ether oxygens (including phenoxy) is 1. The molecule has 0 atom stereocenters. The summed E-state index contributed by atoms with van der Waals surface area (Å²) in [5, 5.41) is 0.555. The molecule has 6 heteroatoms. The van der Waals surface area contributed by atoms with Crippen LogP contribution >= 0.6 is 0 Å². The van der Waals surface area contributed by atoms with Gasteiger partial charge in [0.25, 0.3) is 5.56 Å². The van der Waals surface area contributed by atoms with Crippen molar-refractivity contribution in [2.45, 2.75) is 19.4 Å². The predicted octanol–water partition coefficient (Wildman–Crippen LogP) is 2.52. The number of aryl methyl sites for hydroxylation is 1. The Kier molecular flexibility index (Phi) is 5.31. The molecular weight excluding hydrogens is 330 g/mol. The normalized spacial score (nSPS) is 10.7. The Morgan fingerprint density at radius 1 is 1.15 bits per heavy atom. The number of nitrogens with one attached hydrogen (secondary N) is 1. The first-order valence-corrected chi connectivity index (χ1v) is 8.41. The first-order valence-electron chi connectivity index (χ1n) is 8.41. The molecule has 0 aliphatic carbocycles. The van der Waals surface area contributed by atoms with Crippen molar-refractivity contribution in [3.05, 3.63) is 70.3 Å². The summed E-state index contributed by atoms with van der Waals surface area (Å²) in [4.78, 5) is 33.3. The Labute approximate surface area is 151 Å². The van der Waals surface area contributed by atoms with Crippen LogP contribution in [-0.4, -0.2) is 34.9 Å². The second-order valence-electron chi connectivity index (χ2n) is 6.13. The third kappa shape index (κ3) is 4.08. The summed E-state index contributed by atoms with van der Waals surface area (Å²) in [5.74, 6) is 1.31. The Bertz CT molecular complexity index is 964. The number of rotatable bonds is 6. The van der Waals surface area contributed by atoms with Crippen molar-refractivity contribution in [1.82, 2.24) is 14.9 Å². The van der Waals surface area contributed by atoms with E-state index in [2.05, 4.69) is 9.97 Å². The van der Waals surface area contributed by atoms with Gasteiger partial charge in [0.05, 0.1) is 18.0 Å². The van der Waals surface area contributed by atoms with E-state index in [1.54, 1.807) is 37.3 Å². The number of hydrogen-bond acceptors (Lipinski definition) is 4. The van der Waals surface area contributed by atoms with Crippen molar-refractivity contribution >= 4 is 16.8 Å². The molecule has 1 amide bonds.